The van der Waals surface area contributed by atoms with E-state index >= 15 is 0 Å². The number of nitrogens with one attached hydrogen (secondary N) is 1. The normalized spacial score (nSPS) is 17.1. The standard InChI is InChI=1S/C21H34FN3O2/c1-16(2)5-6-17(3)23-21(26)15-25-11-9-24(10-12-25)14-18-13-19(22)7-8-20(18)27-4/h7-8,13,16-17H,5-6,9-12,14-15H2,1-4H3,(H,23,26)/t17-/m0/s1. The number of hydrogen-bond donors (Lipinski definition) is 1. The van der Waals surface area contributed by atoms with Crippen molar-refractivity contribution < 1.29 is 13.9 Å². The van der Waals surface area contributed by atoms with E-state index in [4.69, 9.17) is 4.74 Å². The molecule has 0 aromatic heterocycles. The summed E-state index contributed by atoms with van der Waals surface area (Å²) < 4.78 is 18.9. The molecule has 0 aliphatic carbocycles. The van der Waals surface area contributed by atoms with E-state index in [1.165, 1.54) is 12.1 Å². The molecule has 6 heteroatoms. The third-order valence-corrected chi connectivity index (χ3v) is 5.05. The van der Waals surface area contributed by atoms with Crippen LogP contribution in [0.2, 0.25) is 0 Å². The van der Waals surface area contributed by atoms with Gasteiger partial charge in [0.25, 0.3) is 0 Å². The highest BCUT2D eigenvalue weighted by Crippen LogP contribution is 2.21. The van der Waals surface area contributed by atoms with Crippen LogP contribution in [0.5, 0.6) is 5.75 Å². The van der Waals surface area contributed by atoms with Crippen molar-refractivity contribution in [2.45, 2.75) is 46.2 Å². The molecule has 1 aliphatic rings. The first kappa shape index (κ1) is 21.6. The molecule has 5 nitrogen and oxygen atoms in total. The van der Waals surface area contributed by atoms with Crippen molar-refractivity contribution in [3.8, 4) is 5.75 Å². The molecule has 1 saturated heterocycles. The molecule has 0 unspecified atom stereocenters. The number of carbonyl (C=O) groups is 1. The number of rotatable bonds is 9. The second-order valence-electron chi connectivity index (χ2n) is 7.95. The summed E-state index contributed by atoms with van der Waals surface area (Å²) in [6.07, 6.45) is 2.15. The zero-order valence-electron chi connectivity index (χ0n) is 17.1. The lowest BCUT2D eigenvalue weighted by atomic mass is 10.0. The van der Waals surface area contributed by atoms with Gasteiger partial charge in [0.15, 0.2) is 0 Å². The van der Waals surface area contributed by atoms with Crippen LogP contribution >= 0.6 is 0 Å². The van der Waals surface area contributed by atoms with E-state index < -0.39 is 0 Å². The smallest absolute Gasteiger partial charge is 0.234 e. The van der Waals surface area contributed by atoms with Gasteiger partial charge in [0, 0.05) is 44.3 Å². The van der Waals surface area contributed by atoms with Crippen LogP contribution in [0, 0.1) is 11.7 Å². The largest absolute Gasteiger partial charge is 0.496 e. The fourth-order valence-corrected chi connectivity index (χ4v) is 3.40. The Balaban J connectivity index is 1.74. The van der Waals surface area contributed by atoms with Crippen molar-refractivity contribution in [1.82, 2.24) is 15.1 Å². The Morgan fingerprint density at radius 3 is 2.44 bits per heavy atom. The van der Waals surface area contributed by atoms with Gasteiger partial charge in [0.2, 0.25) is 5.91 Å². The second kappa shape index (κ2) is 10.6. The summed E-state index contributed by atoms with van der Waals surface area (Å²) in [6.45, 7) is 11.0. The number of halogens is 1. The average molecular weight is 380 g/mol. The molecule has 0 spiro atoms. The topological polar surface area (TPSA) is 44.8 Å². The minimum absolute atomic E-state index is 0.103. The SMILES string of the molecule is COc1ccc(F)cc1CN1CCN(CC(=O)N[C@@H](C)CCC(C)C)CC1. The Labute approximate surface area is 162 Å². The zero-order chi connectivity index (χ0) is 19.8. The monoisotopic (exact) mass is 379 g/mol. The summed E-state index contributed by atoms with van der Waals surface area (Å²) in [7, 11) is 1.61. The quantitative estimate of drug-likeness (QED) is 0.717. The van der Waals surface area contributed by atoms with E-state index in [1.54, 1.807) is 13.2 Å². The van der Waals surface area contributed by atoms with E-state index in [-0.39, 0.29) is 17.8 Å². The number of methoxy groups -OCH3 is 1. The summed E-state index contributed by atoms with van der Waals surface area (Å²) >= 11 is 0. The Morgan fingerprint density at radius 2 is 1.81 bits per heavy atom. The maximum atomic E-state index is 13.5. The molecule has 152 valence electrons. The van der Waals surface area contributed by atoms with Crippen LogP contribution in [0.15, 0.2) is 18.2 Å². The summed E-state index contributed by atoms with van der Waals surface area (Å²) in [5, 5.41) is 3.10. The zero-order valence-corrected chi connectivity index (χ0v) is 17.1. The lowest BCUT2D eigenvalue weighted by molar-refractivity contribution is -0.123. The fraction of sp³-hybridized carbons (Fsp3) is 0.667. The first-order valence-electron chi connectivity index (χ1n) is 9.94. The van der Waals surface area contributed by atoms with E-state index in [0.29, 0.717) is 24.8 Å². The van der Waals surface area contributed by atoms with Crippen molar-refractivity contribution in [3.05, 3.63) is 29.6 Å². The molecule has 1 aromatic rings. The Hall–Kier alpha value is -1.66. The lowest BCUT2D eigenvalue weighted by Gasteiger charge is -2.34. The number of hydrogen-bond acceptors (Lipinski definition) is 4. The van der Waals surface area contributed by atoms with Crippen LogP contribution in [-0.2, 0) is 11.3 Å². The second-order valence-corrected chi connectivity index (χ2v) is 7.95. The van der Waals surface area contributed by atoms with E-state index in [2.05, 4.69) is 35.9 Å². The third kappa shape index (κ3) is 7.46. The van der Waals surface area contributed by atoms with Gasteiger partial charge in [-0.15, -0.1) is 0 Å². The number of carbonyl (C=O) groups excluding carboxylic acids is 1. The van der Waals surface area contributed by atoms with Crippen LogP contribution in [0.3, 0.4) is 0 Å². The molecule has 1 fully saturated rings. The third-order valence-electron chi connectivity index (χ3n) is 5.05. The van der Waals surface area contributed by atoms with Gasteiger partial charge in [0.05, 0.1) is 13.7 Å². The van der Waals surface area contributed by atoms with Crippen molar-refractivity contribution in [2.24, 2.45) is 5.92 Å². The molecule has 0 saturated carbocycles. The van der Waals surface area contributed by atoms with Crippen LogP contribution < -0.4 is 10.1 Å². The Kier molecular flexibility index (Phi) is 8.51. The van der Waals surface area contributed by atoms with E-state index in [9.17, 15) is 9.18 Å². The molecule has 1 heterocycles. The van der Waals surface area contributed by atoms with Gasteiger partial charge in [-0.3, -0.25) is 14.6 Å². The Bertz CT molecular complexity index is 601. The minimum atomic E-state index is -0.243. The Morgan fingerprint density at radius 1 is 1.15 bits per heavy atom. The molecular weight excluding hydrogens is 345 g/mol. The van der Waals surface area contributed by atoms with Crippen molar-refractivity contribution >= 4 is 5.91 Å². The molecule has 1 atom stereocenters. The highest BCUT2D eigenvalue weighted by atomic mass is 19.1. The van der Waals surface area contributed by atoms with Gasteiger partial charge in [-0.2, -0.15) is 0 Å². The molecule has 0 radical (unpaired) electrons. The number of benzene rings is 1. The van der Waals surface area contributed by atoms with Crippen molar-refractivity contribution in [3.63, 3.8) is 0 Å². The number of ether oxygens (including phenoxy) is 1. The van der Waals surface area contributed by atoms with Crippen LogP contribution in [0.25, 0.3) is 0 Å². The molecule has 27 heavy (non-hydrogen) atoms. The first-order valence-corrected chi connectivity index (χ1v) is 9.94. The van der Waals surface area contributed by atoms with Gasteiger partial charge < -0.3 is 10.1 Å². The fourth-order valence-electron chi connectivity index (χ4n) is 3.40. The molecule has 0 bridgehead atoms. The highest BCUT2D eigenvalue weighted by molar-refractivity contribution is 5.78. The van der Waals surface area contributed by atoms with Gasteiger partial charge in [-0.1, -0.05) is 13.8 Å². The molecule has 1 amide bonds. The lowest BCUT2D eigenvalue weighted by Crippen LogP contribution is -2.50. The van der Waals surface area contributed by atoms with Gasteiger partial charge >= 0.3 is 0 Å². The predicted molar refractivity (Wildman–Crippen MR) is 106 cm³/mol. The number of nitrogens with zero attached hydrogens (tertiary/aromatic N) is 2. The van der Waals surface area contributed by atoms with E-state index in [0.717, 1.165) is 44.6 Å². The molecule has 2 rings (SSSR count). The summed E-state index contributed by atoms with van der Waals surface area (Å²) in [5.41, 5.74) is 0.864. The van der Waals surface area contributed by atoms with Gasteiger partial charge in [0.1, 0.15) is 11.6 Å². The van der Waals surface area contributed by atoms with Crippen molar-refractivity contribution in [2.75, 3.05) is 39.8 Å². The molecule has 1 N–H and O–H groups in total. The maximum absolute atomic E-state index is 13.5. The van der Waals surface area contributed by atoms with Gasteiger partial charge in [-0.05, 0) is 43.9 Å². The average Bonchev–Trinajstić information content (AvgIpc) is 2.62. The minimum Gasteiger partial charge on any atom is -0.496 e. The number of piperazine rings is 1. The van der Waals surface area contributed by atoms with Gasteiger partial charge in [-0.25, -0.2) is 4.39 Å². The van der Waals surface area contributed by atoms with Crippen LogP contribution in [-0.4, -0.2) is 61.6 Å². The highest BCUT2D eigenvalue weighted by Gasteiger charge is 2.20. The van der Waals surface area contributed by atoms with E-state index in [1.807, 2.05) is 0 Å². The van der Waals surface area contributed by atoms with Crippen molar-refractivity contribution in [1.29, 1.82) is 0 Å². The van der Waals surface area contributed by atoms with Crippen LogP contribution in [0.4, 0.5) is 4.39 Å². The summed E-state index contributed by atoms with van der Waals surface area (Å²) in [5.74, 6) is 1.24. The first-order chi connectivity index (χ1) is 12.9. The maximum Gasteiger partial charge on any atom is 0.234 e. The summed E-state index contributed by atoms with van der Waals surface area (Å²) in [6, 6.07) is 4.85. The van der Waals surface area contributed by atoms with Crippen LogP contribution in [0.1, 0.15) is 39.2 Å². The molecule has 1 aromatic carbocycles. The number of amides is 1. The predicted octanol–water partition coefficient (Wildman–Crippen LogP) is 2.89. The molecular formula is C21H34FN3O2. The summed E-state index contributed by atoms with van der Waals surface area (Å²) in [4.78, 5) is 16.7. The molecule has 1 aliphatic heterocycles.